The fraction of sp³-hybridized carbons (Fsp3) is 0.481. The summed E-state index contributed by atoms with van der Waals surface area (Å²) in [5, 5.41) is 8.82. The number of aromatic nitrogens is 3. The van der Waals surface area contributed by atoms with Crippen molar-refractivity contribution in [3.05, 3.63) is 41.0 Å². The normalized spacial score (nSPS) is 24.4. The lowest BCUT2D eigenvalue weighted by molar-refractivity contribution is -0.136. The number of benzene rings is 1. The Balaban J connectivity index is 1.43. The highest BCUT2D eigenvalue weighted by Crippen LogP contribution is 2.40. The molecule has 8 bridgehead atoms. The molecule has 2 saturated heterocycles. The van der Waals surface area contributed by atoms with Gasteiger partial charge in [-0.05, 0) is 61.4 Å². The maximum atomic E-state index is 13.5. The maximum absolute atomic E-state index is 13.5. The summed E-state index contributed by atoms with van der Waals surface area (Å²) in [6.45, 7) is 6.49. The number of hydrogen-bond donors (Lipinski definition) is 0. The van der Waals surface area contributed by atoms with Gasteiger partial charge in [-0.2, -0.15) is 0 Å². The number of rotatable bonds is 0. The summed E-state index contributed by atoms with van der Waals surface area (Å²) in [6.07, 6.45) is 5.69. The van der Waals surface area contributed by atoms with Crippen molar-refractivity contribution >= 4 is 33.3 Å². The molecular formula is C27H31BrN6O2. The predicted molar refractivity (Wildman–Crippen MR) is 143 cm³/mol. The van der Waals surface area contributed by atoms with Crippen LogP contribution in [0.3, 0.4) is 0 Å². The van der Waals surface area contributed by atoms with Crippen LogP contribution in [0.15, 0.2) is 45.4 Å². The zero-order valence-electron chi connectivity index (χ0n) is 20.8. The van der Waals surface area contributed by atoms with Crippen LogP contribution in [0.4, 0.5) is 11.5 Å². The van der Waals surface area contributed by atoms with Crippen LogP contribution >= 0.6 is 15.9 Å². The molecule has 0 spiro atoms. The van der Waals surface area contributed by atoms with E-state index in [0.717, 1.165) is 79.0 Å². The van der Waals surface area contributed by atoms with Crippen LogP contribution in [0, 0.1) is 11.3 Å². The summed E-state index contributed by atoms with van der Waals surface area (Å²) < 4.78 is 7.24. The highest BCUT2D eigenvalue weighted by molar-refractivity contribution is 9.10. The second-order valence-corrected chi connectivity index (χ2v) is 11.7. The van der Waals surface area contributed by atoms with E-state index in [9.17, 15) is 4.79 Å². The Hall–Kier alpha value is -2.94. The summed E-state index contributed by atoms with van der Waals surface area (Å²) in [7, 11) is 1.98. The van der Waals surface area contributed by atoms with Crippen LogP contribution in [0.2, 0.25) is 0 Å². The van der Waals surface area contributed by atoms with E-state index in [1.54, 1.807) is 6.20 Å². The highest BCUT2D eigenvalue weighted by Gasteiger charge is 2.36. The number of halogens is 1. The third-order valence-corrected chi connectivity index (χ3v) is 8.50. The lowest BCUT2D eigenvalue weighted by Crippen LogP contribution is -2.49. The third-order valence-electron chi connectivity index (χ3n) is 8.01. The number of anilines is 2. The Kier molecular flexibility index (Phi) is 5.98. The summed E-state index contributed by atoms with van der Waals surface area (Å²) >= 11 is 3.65. The van der Waals surface area contributed by atoms with Crippen molar-refractivity contribution in [2.45, 2.75) is 32.6 Å². The summed E-state index contributed by atoms with van der Waals surface area (Å²) in [5.74, 6) is 2.06. The lowest BCUT2D eigenvalue weighted by Gasteiger charge is -2.43. The number of nitrogens with zero attached hydrogens (tertiary/aromatic N) is 6. The maximum Gasteiger partial charge on any atom is 0.250 e. The average Bonchev–Trinajstić information content (AvgIpc) is 3.38. The minimum atomic E-state index is -0.0176. The lowest BCUT2D eigenvalue weighted by atomic mass is 9.79. The standard InChI is InChI=1S/C27H31BrN6O2/c1-27-8-12-33(13-9-27)22-15-20(28)5-6-21(22)25-31-30-24(36-25)18-7-10-29-23(14-18)34-11-3-4-19(16-34)26(35)32(2)17-27/h5-7,10,14-15,19H,3-4,8-9,11-13,16-17H2,1-2H3. The first-order valence-electron chi connectivity index (χ1n) is 12.7. The summed E-state index contributed by atoms with van der Waals surface area (Å²) in [5.41, 5.74) is 2.93. The first kappa shape index (κ1) is 23.5. The van der Waals surface area contributed by atoms with E-state index in [4.69, 9.17) is 4.42 Å². The van der Waals surface area contributed by atoms with Crippen LogP contribution in [0.5, 0.6) is 0 Å². The summed E-state index contributed by atoms with van der Waals surface area (Å²) in [4.78, 5) is 24.7. The van der Waals surface area contributed by atoms with Gasteiger partial charge in [0.15, 0.2) is 0 Å². The Morgan fingerprint density at radius 2 is 1.86 bits per heavy atom. The van der Waals surface area contributed by atoms with Gasteiger partial charge >= 0.3 is 0 Å². The van der Waals surface area contributed by atoms with Crippen molar-refractivity contribution in [3.8, 4) is 22.9 Å². The monoisotopic (exact) mass is 550 g/mol. The molecule has 0 aliphatic carbocycles. The van der Waals surface area contributed by atoms with E-state index in [1.807, 2.05) is 36.2 Å². The Labute approximate surface area is 219 Å². The number of amides is 1. The van der Waals surface area contributed by atoms with E-state index in [1.165, 1.54) is 0 Å². The Bertz CT molecular complexity index is 1280. The molecule has 2 fully saturated rings. The van der Waals surface area contributed by atoms with E-state index < -0.39 is 0 Å². The van der Waals surface area contributed by atoms with Crippen molar-refractivity contribution in [2.24, 2.45) is 11.3 Å². The van der Waals surface area contributed by atoms with E-state index in [2.05, 4.69) is 53.9 Å². The largest absolute Gasteiger partial charge is 0.416 e. The number of piperidine rings is 2. The molecule has 1 aromatic carbocycles. The average molecular weight is 551 g/mol. The second-order valence-electron chi connectivity index (χ2n) is 10.8. The van der Waals surface area contributed by atoms with Gasteiger partial charge in [-0.15, -0.1) is 10.2 Å². The molecule has 0 N–H and O–H groups in total. The molecule has 6 heterocycles. The molecule has 8 nitrogen and oxygen atoms in total. The molecule has 3 aromatic rings. The van der Waals surface area contributed by atoms with Crippen LogP contribution < -0.4 is 9.80 Å². The van der Waals surface area contributed by atoms with Crippen LogP contribution in [-0.2, 0) is 4.79 Å². The molecule has 188 valence electrons. The number of carbonyl (C=O) groups is 1. The Morgan fingerprint density at radius 1 is 1.06 bits per heavy atom. The quantitative estimate of drug-likeness (QED) is 0.395. The number of fused-ring (bicyclic) bond motifs is 4. The molecule has 0 radical (unpaired) electrons. The molecule has 4 aliphatic rings. The molecule has 4 aliphatic heterocycles. The molecule has 1 atom stereocenters. The molecule has 9 heteroatoms. The van der Waals surface area contributed by atoms with Crippen molar-refractivity contribution in [1.29, 1.82) is 0 Å². The van der Waals surface area contributed by atoms with Gasteiger partial charge in [-0.3, -0.25) is 4.79 Å². The topological polar surface area (TPSA) is 78.6 Å². The van der Waals surface area contributed by atoms with Crippen molar-refractivity contribution in [1.82, 2.24) is 20.1 Å². The SMILES string of the molecule is CN1CC2(C)CCN(CC2)c2cc(Br)ccc2-c2nnc(o2)-c2ccnc(c2)N2CCCC(C2)C1=O. The first-order chi connectivity index (χ1) is 17.4. The zero-order chi connectivity index (χ0) is 24.9. The minimum absolute atomic E-state index is 0.0176. The smallest absolute Gasteiger partial charge is 0.250 e. The Morgan fingerprint density at radius 3 is 2.69 bits per heavy atom. The zero-order valence-corrected chi connectivity index (χ0v) is 22.4. The first-order valence-corrected chi connectivity index (χ1v) is 13.5. The van der Waals surface area contributed by atoms with Gasteiger partial charge in [0, 0.05) is 56.0 Å². The molecule has 1 unspecified atom stereocenters. The fourth-order valence-corrected chi connectivity index (χ4v) is 6.26. The van der Waals surface area contributed by atoms with Crippen molar-refractivity contribution in [2.75, 3.05) is 49.6 Å². The van der Waals surface area contributed by atoms with Gasteiger partial charge in [0.05, 0.1) is 17.2 Å². The molecular weight excluding hydrogens is 520 g/mol. The molecule has 0 saturated carbocycles. The van der Waals surface area contributed by atoms with E-state index in [0.29, 0.717) is 18.3 Å². The van der Waals surface area contributed by atoms with E-state index in [-0.39, 0.29) is 17.2 Å². The van der Waals surface area contributed by atoms with Gasteiger partial charge < -0.3 is 19.1 Å². The third kappa shape index (κ3) is 4.38. The minimum Gasteiger partial charge on any atom is -0.416 e. The van der Waals surface area contributed by atoms with Crippen LogP contribution in [0.1, 0.15) is 32.6 Å². The number of carbonyl (C=O) groups excluding carboxylic acids is 1. The molecule has 36 heavy (non-hydrogen) atoms. The molecule has 1 amide bonds. The van der Waals surface area contributed by atoms with Gasteiger partial charge in [0.1, 0.15) is 5.82 Å². The van der Waals surface area contributed by atoms with E-state index >= 15 is 0 Å². The molecule has 7 rings (SSSR count). The summed E-state index contributed by atoms with van der Waals surface area (Å²) in [6, 6.07) is 10.1. The van der Waals surface area contributed by atoms with Gasteiger partial charge in [0.25, 0.3) is 0 Å². The predicted octanol–water partition coefficient (Wildman–Crippen LogP) is 4.86. The fourth-order valence-electron chi connectivity index (χ4n) is 5.91. The van der Waals surface area contributed by atoms with Crippen LogP contribution in [-0.4, -0.2) is 65.8 Å². The van der Waals surface area contributed by atoms with Crippen LogP contribution in [0.25, 0.3) is 22.9 Å². The van der Waals surface area contributed by atoms with Gasteiger partial charge in [-0.25, -0.2) is 4.98 Å². The number of pyridine rings is 1. The second kappa shape index (κ2) is 9.18. The van der Waals surface area contributed by atoms with Gasteiger partial charge in [0.2, 0.25) is 17.7 Å². The molecule has 2 aromatic heterocycles. The van der Waals surface area contributed by atoms with Gasteiger partial charge in [-0.1, -0.05) is 22.9 Å². The van der Waals surface area contributed by atoms with Crippen molar-refractivity contribution in [3.63, 3.8) is 0 Å². The highest BCUT2D eigenvalue weighted by atomic mass is 79.9. The number of hydrogen-bond acceptors (Lipinski definition) is 7. The van der Waals surface area contributed by atoms with Crippen molar-refractivity contribution < 1.29 is 9.21 Å².